The zero-order valence-corrected chi connectivity index (χ0v) is 10.7. The van der Waals surface area contributed by atoms with Gasteiger partial charge in [0.15, 0.2) is 0 Å². The summed E-state index contributed by atoms with van der Waals surface area (Å²) in [6, 6.07) is 12.6. The van der Waals surface area contributed by atoms with Crippen molar-refractivity contribution in [3.05, 3.63) is 59.7 Å². The van der Waals surface area contributed by atoms with E-state index in [1.807, 2.05) is 18.2 Å². The third kappa shape index (κ3) is 2.79. The number of para-hydroxylation sites is 2. The van der Waals surface area contributed by atoms with Crippen LogP contribution in [-0.4, -0.2) is 16.2 Å². The van der Waals surface area contributed by atoms with Crippen LogP contribution in [0.3, 0.4) is 0 Å². The maximum Gasteiger partial charge on any atom is 0.417 e. The minimum atomic E-state index is -4.41. The number of hydrogen-bond acceptors (Lipinski definition) is 2. The van der Waals surface area contributed by atoms with Gasteiger partial charge in [0.1, 0.15) is 0 Å². The summed E-state index contributed by atoms with van der Waals surface area (Å²) in [7, 11) is 0. The van der Waals surface area contributed by atoms with E-state index in [-0.39, 0.29) is 11.5 Å². The topological polar surface area (TPSA) is 41.0 Å². The number of nitrogens with zero attached hydrogens (tertiary/aromatic N) is 2. The van der Waals surface area contributed by atoms with E-state index < -0.39 is 11.7 Å². The first-order valence-corrected chi connectivity index (χ1v) is 6.19. The highest BCUT2D eigenvalue weighted by molar-refractivity contribution is 5.84. The van der Waals surface area contributed by atoms with Gasteiger partial charge in [-0.1, -0.05) is 30.3 Å². The molecule has 1 N–H and O–H groups in total. The normalized spacial score (nSPS) is 12.3. The second-order valence-electron chi connectivity index (χ2n) is 4.42. The Balaban J connectivity index is 1.96. The molecule has 1 aromatic heterocycles. The molecule has 0 aliphatic carbocycles. The van der Waals surface area contributed by atoms with E-state index in [0.29, 0.717) is 5.52 Å². The van der Waals surface area contributed by atoms with Gasteiger partial charge in [-0.25, -0.2) is 9.98 Å². The number of imidazole rings is 1. The van der Waals surface area contributed by atoms with Crippen molar-refractivity contribution in [2.75, 3.05) is 0 Å². The summed E-state index contributed by atoms with van der Waals surface area (Å²) in [5.74, 6) is 0.271. The van der Waals surface area contributed by atoms with Gasteiger partial charge in [-0.05, 0) is 18.2 Å². The summed E-state index contributed by atoms with van der Waals surface area (Å²) in [6.45, 7) is 0. The average molecular weight is 289 g/mol. The molecule has 21 heavy (non-hydrogen) atoms. The molecule has 0 spiro atoms. The van der Waals surface area contributed by atoms with Crippen molar-refractivity contribution < 1.29 is 13.2 Å². The van der Waals surface area contributed by atoms with Crippen molar-refractivity contribution >= 4 is 23.2 Å². The first kappa shape index (κ1) is 13.4. The molecule has 1 heterocycles. The van der Waals surface area contributed by atoms with Crippen molar-refractivity contribution in [1.29, 1.82) is 0 Å². The summed E-state index contributed by atoms with van der Waals surface area (Å²) < 4.78 is 38.6. The zero-order valence-electron chi connectivity index (χ0n) is 10.7. The Bertz CT molecular complexity index is 770. The number of halogens is 3. The lowest BCUT2D eigenvalue weighted by Crippen LogP contribution is -2.08. The molecule has 0 aliphatic heterocycles. The molecule has 3 nitrogen and oxygen atoms in total. The number of benzene rings is 2. The SMILES string of the molecule is FC(F)(F)c1ccccc1/C=N/c1nc2ccccc2[nH]1. The van der Waals surface area contributed by atoms with E-state index in [1.54, 1.807) is 6.07 Å². The van der Waals surface area contributed by atoms with Gasteiger partial charge < -0.3 is 4.98 Å². The number of fused-ring (bicyclic) bond motifs is 1. The van der Waals surface area contributed by atoms with Crippen LogP contribution in [0.4, 0.5) is 19.1 Å². The first-order chi connectivity index (χ1) is 10.0. The molecule has 0 fully saturated rings. The number of rotatable bonds is 2. The van der Waals surface area contributed by atoms with Crippen molar-refractivity contribution in [2.45, 2.75) is 6.18 Å². The molecule has 2 aromatic carbocycles. The highest BCUT2D eigenvalue weighted by Gasteiger charge is 2.32. The Morgan fingerprint density at radius 3 is 2.48 bits per heavy atom. The van der Waals surface area contributed by atoms with E-state index >= 15 is 0 Å². The fraction of sp³-hybridized carbons (Fsp3) is 0.0667. The molecular formula is C15H10F3N3. The molecule has 3 rings (SSSR count). The lowest BCUT2D eigenvalue weighted by molar-refractivity contribution is -0.137. The lowest BCUT2D eigenvalue weighted by Gasteiger charge is -2.08. The summed E-state index contributed by atoms with van der Waals surface area (Å²) in [5, 5.41) is 0. The van der Waals surface area contributed by atoms with Crippen LogP contribution >= 0.6 is 0 Å². The average Bonchev–Trinajstić information content (AvgIpc) is 2.87. The van der Waals surface area contributed by atoms with Gasteiger partial charge in [-0.2, -0.15) is 13.2 Å². The first-order valence-electron chi connectivity index (χ1n) is 6.19. The minimum absolute atomic E-state index is 0.00505. The standard InChI is InChI=1S/C15H10F3N3/c16-15(17,18)11-6-2-1-5-10(11)9-19-14-20-12-7-3-4-8-13(12)21-14/h1-9H,(H,20,21)/b19-9+. The molecular weight excluding hydrogens is 279 g/mol. The number of aliphatic imine (C=N–C) groups is 1. The highest BCUT2D eigenvalue weighted by atomic mass is 19.4. The quantitative estimate of drug-likeness (QED) is 0.701. The molecule has 6 heteroatoms. The Labute approximate surface area is 118 Å². The number of alkyl halides is 3. The smallest absolute Gasteiger partial charge is 0.322 e. The van der Waals surface area contributed by atoms with Crippen LogP contribution in [0.2, 0.25) is 0 Å². The van der Waals surface area contributed by atoms with Crippen molar-refractivity contribution in [3.63, 3.8) is 0 Å². The van der Waals surface area contributed by atoms with Gasteiger partial charge in [0.25, 0.3) is 0 Å². The number of H-pyrrole nitrogens is 1. The molecule has 0 radical (unpaired) electrons. The lowest BCUT2D eigenvalue weighted by atomic mass is 10.1. The van der Waals surface area contributed by atoms with Gasteiger partial charge in [0.05, 0.1) is 16.6 Å². The summed E-state index contributed by atoms with van der Waals surface area (Å²) in [6.07, 6.45) is -3.24. The van der Waals surface area contributed by atoms with E-state index in [4.69, 9.17) is 0 Å². The second kappa shape index (κ2) is 5.05. The molecule has 0 atom stereocenters. The molecule has 0 aliphatic rings. The molecule has 0 bridgehead atoms. The predicted molar refractivity (Wildman–Crippen MR) is 74.8 cm³/mol. The van der Waals surface area contributed by atoms with Gasteiger partial charge in [-0.15, -0.1) is 0 Å². The van der Waals surface area contributed by atoms with E-state index in [9.17, 15) is 13.2 Å². The number of aromatic nitrogens is 2. The van der Waals surface area contributed by atoms with Gasteiger partial charge in [-0.3, -0.25) is 0 Å². The summed E-state index contributed by atoms with van der Waals surface area (Å²) >= 11 is 0. The minimum Gasteiger partial charge on any atom is -0.322 e. The maximum absolute atomic E-state index is 12.9. The molecule has 0 saturated carbocycles. The summed E-state index contributed by atoms with van der Waals surface area (Å²) in [4.78, 5) is 11.1. The zero-order chi connectivity index (χ0) is 14.9. The van der Waals surface area contributed by atoms with Crippen LogP contribution in [0, 0.1) is 0 Å². The molecule has 3 aromatic rings. The van der Waals surface area contributed by atoms with Crippen molar-refractivity contribution in [3.8, 4) is 0 Å². The van der Waals surface area contributed by atoms with Crippen LogP contribution < -0.4 is 0 Å². The number of nitrogens with one attached hydrogen (secondary N) is 1. The predicted octanol–water partition coefficient (Wildman–Crippen LogP) is 4.33. The van der Waals surface area contributed by atoms with E-state index in [0.717, 1.165) is 11.6 Å². The Morgan fingerprint density at radius 1 is 1.00 bits per heavy atom. The van der Waals surface area contributed by atoms with E-state index in [1.165, 1.54) is 24.4 Å². The van der Waals surface area contributed by atoms with Gasteiger partial charge >= 0.3 is 6.18 Å². The van der Waals surface area contributed by atoms with Crippen molar-refractivity contribution in [1.82, 2.24) is 9.97 Å². The van der Waals surface area contributed by atoms with E-state index in [2.05, 4.69) is 15.0 Å². The molecule has 0 amide bonds. The Hall–Kier alpha value is -2.63. The third-order valence-electron chi connectivity index (χ3n) is 2.97. The molecule has 0 unspecified atom stereocenters. The number of hydrogen-bond donors (Lipinski definition) is 1. The van der Waals surface area contributed by atoms with Gasteiger partial charge in [0, 0.05) is 11.8 Å². The third-order valence-corrected chi connectivity index (χ3v) is 2.97. The second-order valence-corrected chi connectivity index (χ2v) is 4.42. The van der Waals surface area contributed by atoms with Crippen LogP contribution in [0.5, 0.6) is 0 Å². The van der Waals surface area contributed by atoms with Gasteiger partial charge in [0.2, 0.25) is 5.95 Å². The fourth-order valence-electron chi connectivity index (χ4n) is 2.00. The maximum atomic E-state index is 12.9. The highest BCUT2D eigenvalue weighted by Crippen LogP contribution is 2.31. The molecule has 106 valence electrons. The largest absolute Gasteiger partial charge is 0.417 e. The summed E-state index contributed by atoms with van der Waals surface area (Å²) in [5.41, 5.74) is 0.790. The van der Waals surface area contributed by atoms with Crippen LogP contribution in [0.15, 0.2) is 53.5 Å². The van der Waals surface area contributed by atoms with Crippen LogP contribution in [0.25, 0.3) is 11.0 Å². The molecule has 0 saturated heterocycles. The Morgan fingerprint density at radius 2 is 1.71 bits per heavy atom. The van der Waals surface area contributed by atoms with Crippen molar-refractivity contribution in [2.24, 2.45) is 4.99 Å². The van der Waals surface area contributed by atoms with Crippen LogP contribution in [-0.2, 0) is 6.18 Å². The Kier molecular flexibility index (Phi) is 3.21. The number of aromatic amines is 1. The monoisotopic (exact) mass is 289 g/mol. The fourth-order valence-corrected chi connectivity index (χ4v) is 2.00. The van der Waals surface area contributed by atoms with Crippen LogP contribution in [0.1, 0.15) is 11.1 Å².